The molecule has 1 heterocycles. The summed E-state index contributed by atoms with van der Waals surface area (Å²) in [6.45, 7) is 11.8. The van der Waals surface area contributed by atoms with Gasteiger partial charge in [-0.2, -0.15) is 0 Å². The normalized spacial score (nSPS) is 17.3. The maximum atomic E-state index is 12.4. The van der Waals surface area contributed by atoms with Gasteiger partial charge in [-0.25, -0.2) is 0 Å². The van der Waals surface area contributed by atoms with Crippen LogP contribution < -0.4 is 16.0 Å². The molecule has 0 saturated heterocycles. The van der Waals surface area contributed by atoms with Gasteiger partial charge in [0.15, 0.2) is 0 Å². The van der Waals surface area contributed by atoms with E-state index in [0.717, 1.165) is 16.8 Å². The van der Waals surface area contributed by atoms with Crippen LogP contribution in [0.4, 0.5) is 5.69 Å². The van der Waals surface area contributed by atoms with Crippen LogP contribution in [0.3, 0.4) is 0 Å². The predicted molar refractivity (Wildman–Crippen MR) is 104 cm³/mol. The molecule has 6 heteroatoms. The fraction of sp³-hybridized carbons (Fsp3) is 0.474. The lowest BCUT2D eigenvalue weighted by Gasteiger charge is -2.27. The Morgan fingerprint density at radius 1 is 1.08 bits per heavy atom. The van der Waals surface area contributed by atoms with Crippen LogP contribution in [0.2, 0.25) is 0 Å². The molecule has 5 nitrogen and oxygen atoms in total. The number of carbonyl (C=O) groups is 2. The number of carbonyl (C=O) groups excluding carboxylic acids is 2. The molecule has 1 aromatic rings. The molecular weight excluding hydrogens is 338 g/mol. The molecule has 0 unspecified atom stereocenters. The molecule has 0 radical (unpaired) electrons. The summed E-state index contributed by atoms with van der Waals surface area (Å²) >= 11 is 0. The van der Waals surface area contributed by atoms with Gasteiger partial charge in [-0.05, 0) is 52.7 Å². The zero-order valence-electron chi connectivity index (χ0n) is 15.7. The van der Waals surface area contributed by atoms with Crippen molar-refractivity contribution in [3.8, 4) is 0 Å². The van der Waals surface area contributed by atoms with E-state index in [1.165, 1.54) is 0 Å². The molecule has 0 bridgehead atoms. The first kappa shape index (κ1) is 21.2. The van der Waals surface area contributed by atoms with Gasteiger partial charge in [0.2, 0.25) is 11.8 Å². The van der Waals surface area contributed by atoms with Gasteiger partial charge < -0.3 is 10.6 Å². The number of hydrogen-bond donors (Lipinski definition) is 3. The zero-order valence-corrected chi connectivity index (χ0v) is 16.6. The van der Waals surface area contributed by atoms with Gasteiger partial charge in [0.1, 0.15) is 0 Å². The average molecular weight is 366 g/mol. The highest BCUT2D eigenvalue weighted by atomic mass is 35.5. The first-order valence-corrected chi connectivity index (χ1v) is 8.19. The van der Waals surface area contributed by atoms with Gasteiger partial charge in [0.25, 0.3) is 0 Å². The summed E-state index contributed by atoms with van der Waals surface area (Å²) in [6, 6.07) is 5.84. The number of benzene rings is 1. The summed E-state index contributed by atoms with van der Waals surface area (Å²) in [5.74, 6) is -0.445. The summed E-state index contributed by atoms with van der Waals surface area (Å²) < 4.78 is 0. The number of rotatable bonds is 4. The largest absolute Gasteiger partial charge is 0.343 e. The van der Waals surface area contributed by atoms with Crippen molar-refractivity contribution in [3.63, 3.8) is 0 Å². The van der Waals surface area contributed by atoms with Crippen LogP contribution in [0, 0.1) is 13.8 Å². The Balaban J connectivity index is 0.00000312. The van der Waals surface area contributed by atoms with Gasteiger partial charge in [-0.3, -0.25) is 14.9 Å². The van der Waals surface area contributed by atoms with Gasteiger partial charge in [-0.15, -0.1) is 12.4 Å². The molecule has 2 amide bonds. The maximum absolute atomic E-state index is 12.4. The molecule has 1 aromatic carbocycles. The topological polar surface area (TPSA) is 70.2 Å². The van der Waals surface area contributed by atoms with Crippen molar-refractivity contribution in [3.05, 3.63) is 41.0 Å². The Labute approximate surface area is 156 Å². The predicted octanol–water partition coefficient (Wildman–Crippen LogP) is 2.87. The van der Waals surface area contributed by atoms with Crippen LogP contribution in [0.25, 0.3) is 0 Å². The first-order valence-electron chi connectivity index (χ1n) is 8.19. The molecule has 1 aliphatic heterocycles. The number of amides is 2. The van der Waals surface area contributed by atoms with E-state index in [0.29, 0.717) is 5.57 Å². The molecule has 0 spiro atoms. The highest BCUT2D eigenvalue weighted by Gasteiger charge is 2.40. The molecule has 0 fully saturated rings. The van der Waals surface area contributed by atoms with Gasteiger partial charge >= 0.3 is 0 Å². The number of anilines is 1. The SMILES string of the molecule is Cc1cccc(C)c1NC(=O)CNC(=O)C1=CC(C)(C)NC1(C)C.Cl. The standard InChI is InChI=1S/C19H27N3O2.ClH/c1-12-8-7-9-13(2)16(12)21-15(23)11-20-17(24)14-10-18(3,4)22-19(14,5)6;/h7-10,22H,11H2,1-6H3,(H,20,24)(H,21,23);1H. The lowest BCUT2D eigenvalue weighted by atomic mass is 9.96. The van der Waals surface area contributed by atoms with E-state index in [4.69, 9.17) is 0 Å². The summed E-state index contributed by atoms with van der Waals surface area (Å²) in [5, 5.41) is 8.98. The second-order valence-electron chi connectivity index (χ2n) is 7.53. The van der Waals surface area contributed by atoms with Crippen molar-refractivity contribution < 1.29 is 9.59 Å². The molecule has 25 heavy (non-hydrogen) atoms. The third-order valence-corrected chi connectivity index (χ3v) is 4.21. The van der Waals surface area contributed by atoms with Gasteiger partial charge in [0, 0.05) is 22.3 Å². The van der Waals surface area contributed by atoms with Crippen LogP contribution in [0.1, 0.15) is 38.8 Å². The molecule has 2 rings (SSSR count). The number of nitrogens with one attached hydrogen (secondary N) is 3. The van der Waals surface area contributed by atoms with E-state index >= 15 is 0 Å². The zero-order chi connectivity index (χ0) is 18.1. The maximum Gasteiger partial charge on any atom is 0.249 e. The summed E-state index contributed by atoms with van der Waals surface area (Å²) in [6.07, 6.45) is 1.92. The van der Waals surface area contributed by atoms with E-state index < -0.39 is 5.54 Å². The molecule has 0 saturated carbocycles. The summed E-state index contributed by atoms with van der Waals surface area (Å²) in [4.78, 5) is 24.6. The van der Waals surface area contributed by atoms with E-state index in [2.05, 4.69) is 16.0 Å². The molecule has 138 valence electrons. The van der Waals surface area contributed by atoms with Crippen molar-refractivity contribution in [2.24, 2.45) is 0 Å². The molecule has 0 aromatic heterocycles. The fourth-order valence-electron chi connectivity index (χ4n) is 3.25. The highest BCUT2D eigenvalue weighted by molar-refractivity contribution is 6.01. The van der Waals surface area contributed by atoms with Crippen molar-refractivity contribution in [1.29, 1.82) is 0 Å². The smallest absolute Gasteiger partial charge is 0.249 e. The van der Waals surface area contributed by atoms with E-state index in [1.54, 1.807) is 0 Å². The van der Waals surface area contributed by atoms with Gasteiger partial charge in [-0.1, -0.05) is 24.3 Å². The molecule has 0 atom stereocenters. The van der Waals surface area contributed by atoms with Crippen molar-refractivity contribution in [2.75, 3.05) is 11.9 Å². The van der Waals surface area contributed by atoms with Crippen LogP contribution in [0.15, 0.2) is 29.8 Å². The molecular formula is C19H28ClN3O2. The second kappa shape index (κ2) is 7.58. The first-order chi connectivity index (χ1) is 11.0. The number of aryl methyl sites for hydroxylation is 2. The monoisotopic (exact) mass is 365 g/mol. The third-order valence-electron chi connectivity index (χ3n) is 4.21. The summed E-state index contributed by atoms with van der Waals surface area (Å²) in [7, 11) is 0. The minimum atomic E-state index is -0.420. The van der Waals surface area contributed by atoms with Crippen LogP contribution in [-0.2, 0) is 9.59 Å². The minimum absolute atomic E-state index is 0. The third kappa shape index (κ3) is 5.06. The van der Waals surface area contributed by atoms with Crippen molar-refractivity contribution in [1.82, 2.24) is 10.6 Å². The van der Waals surface area contributed by atoms with E-state index in [1.807, 2.05) is 65.8 Å². The second-order valence-corrected chi connectivity index (χ2v) is 7.53. The van der Waals surface area contributed by atoms with E-state index in [9.17, 15) is 9.59 Å². The highest BCUT2D eigenvalue weighted by Crippen LogP contribution is 2.29. The quantitative estimate of drug-likeness (QED) is 0.768. The molecule has 0 aliphatic carbocycles. The van der Waals surface area contributed by atoms with Gasteiger partial charge in [0.05, 0.1) is 6.54 Å². The van der Waals surface area contributed by atoms with Crippen molar-refractivity contribution in [2.45, 2.75) is 52.6 Å². The Bertz CT molecular complexity index is 688. The number of para-hydroxylation sites is 1. The lowest BCUT2D eigenvalue weighted by Crippen LogP contribution is -2.48. The Morgan fingerprint density at radius 3 is 2.12 bits per heavy atom. The minimum Gasteiger partial charge on any atom is -0.343 e. The Morgan fingerprint density at radius 2 is 1.64 bits per heavy atom. The van der Waals surface area contributed by atoms with Crippen LogP contribution in [-0.4, -0.2) is 29.4 Å². The van der Waals surface area contributed by atoms with E-state index in [-0.39, 0.29) is 36.3 Å². The van der Waals surface area contributed by atoms with Crippen LogP contribution in [0.5, 0.6) is 0 Å². The Kier molecular flexibility index (Phi) is 6.43. The lowest BCUT2D eigenvalue weighted by molar-refractivity contribution is -0.122. The van der Waals surface area contributed by atoms with Crippen molar-refractivity contribution >= 4 is 29.9 Å². The fourth-order valence-corrected chi connectivity index (χ4v) is 3.25. The summed E-state index contributed by atoms with van der Waals surface area (Å²) in [5.41, 5.74) is 2.81. The molecule has 1 aliphatic rings. The number of hydrogen-bond acceptors (Lipinski definition) is 3. The van der Waals surface area contributed by atoms with Crippen LogP contribution >= 0.6 is 12.4 Å². The number of halogens is 1. The Hall–Kier alpha value is -1.85. The average Bonchev–Trinajstić information content (AvgIpc) is 2.68. The molecule has 3 N–H and O–H groups in total.